The third-order valence-electron chi connectivity index (χ3n) is 6.38. The number of imide groups is 1. The molecule has 2 aliphatic carbocycles. The lowest BCUT2D eigenvalue weighted by Crippen LogP contribution is -2.54. The number of allylic oxidation sites excluding steroid dienone is 2. The van der Waals surface area contributed by atoms with Crippen LogP contribution in [0.4, 0.5) is 4.79 Å². The molecule has 1 unspecified atom stereocenters. The summed E-state index contributed by atoms with van der Waals surface area (Å²) in [6.45, 7) is 3.45. The van der Waals surface area contributed by atoms with E-state index in [0.717, 1.165) is 4.90 Å². The number of hydrogen-bond acceptors (Lipinski definition) is 8. The van der Waals surface area contributed by atoms with E-state index in [0.29, 0.717) is 41.5 Å². The molecule has 36 heavy (non-hydrogen) atoms. The first kappa shape index (κ1) is 23.8. The molecule has 2 aromatic heterocycles. The number of nitriles is 1. The molecule has 3 heterocycles. The van der Waals surface area contributed by atoms with Gasteiger partial charge in [0.05, 0.1) is 22.9 Å². The van der Waals surface area contributed by atoms with Crippen LogP contribution in [-0.4, -0.2) is 55.8 Å². The van der Waals surface area contributed by atoms with Crippen molar-refractivity contribution < 1.29 is 27.0 Å². The number of aromatic nitrogens is 3. The van der Waals surface area contributed by atoms with Crippen LogP contribution >= 0.6 is 0 Å². The van der Waals surface area contributed by atoms with Gasteiger partial charge in [0.2, 0.25) is 10.0 Å². The highest BCUT2D eigenvalue weighted by atomic mass is 32.2. The van der Waals surface area contributed by atoms with E-state index < -0.39 is 33.4 Å². The second kappa shape index (κ2) is 8.35. The SMILES string of the molecule is Cc1nc(C)c(C[N+]2=C3C=CC(S(=O)(=O)NC4(C#N)CC4)=CC3C(=O)N(Cc3cnn(C)c3)C2=O)o1. The number of carbonyl (C=O) groups excluding carboxylic acids is 2. The van der Waals surface area contributed by atoms with E-state index in [1.807, 2.05) is 6.07 Å². The van der Waals surface area contributed by atoms with E-state index in [4.69, 9.17) is 4.42 Å². The summed E-state index contributed by atoms with van der Waals surface area (Å²) in [4.78, 5) is 32.3. The molecule has 2 aromatic rings. The zero-order valence-corrected chi connectivity index (χ0v) is 20.7. The van der Waals surface area contributed by atoms with Crippen molar-refractivity contribution in [3.05, 3.63) is 58.4 Å². The number of nitrogens with one attached hydrogen (secondary N) is 1. The average Bonchev–Trinajstić information content (AvgIpc) is 3.35. The number of aryl methyl sites for hydroxylation is 3. The van der Waals surface area contributed by atoms with E-state index >= 15 is 0 Å². The Morgan fingerprint density at radius 1 is 1.31 bits per heavy atom. The summed E-state index contributed by atoms with van der Waals surface area (Å²) in [5.41, 5.74) is 0.483. The number of fused-ring (bicyclic) bond motifs is 1. The van der Waals surface area contributed by atoms with Gasteiger partial charge in [0.15, 0.2) is 18.2 Å². The highest BCUT2D eigenvalue weighted by Crippen LogP contribution is 2.36. The Hall–Kier alpha value is -3.89. The van der Waals surface area contributed by atoms with Crippen LogP contribution in [0.15, 0.2) is 39.9 Å². The number of amides is 3. The minimum absolute atomic E-state index is 0.0181. The number of nitrogens with zero attached hydrogens (tertiary/aromatic N) is 6. The maximum atomic E-state index is 13.5. The van der Waals surface area contributed by atoms with Gasteiger partial charge in [-0.15, -0.1) is 0 Å². The third-order valence-corrected chi connectivity index (χ3v) is 7.93. The number of sulfonamides is 1. The largest absolute Gasteiger partial charge is 0.501 e. The molecule has 0 spiro atoms. The molecule has 1 N–H and O–H groups in total. The van der Waals surface area contributed by atoms with Crippen molar-refractivity contribution in [3.8, 4) is 6.07 Å². The van der Waals surface area contributed by atoms with Crippen molar-refractivity contribution in [3.63, 3.8) is 0 Å². The van der Waals surface area contributed by atoms with E-state index in [1.54, 1.807) is 38.0 Å². The summed E-state index contributed by atoms with van der Waals surface area (Å²) in [6, 6.07) is 1.43. The van der Waals surface area contributed by atoms with Gasteiger partial charge >= 0.3 is 11.9 Å². The molecule has 0 aromatic carbocycles. The van der Waals surface area contributed by atoms with E-state index in [1.165, 1.54) is 22.8 Å². The molecule has 0 bridgehead atoms. The van der Waals surface area contributed by atoms with Gasteiger partial charge in [-0.2, -0.15) is 29.4 Å². The molecule has 0 saturated heterocycles. The Morgan fingerprint density at radius 3 is 2.64 bits per heavy atom. The van der Waals surface area contributed by atoms with Gasteiger partial charge in [0.1, 0.15) is 23.7 Å². The molecular weight excluding hydrogens is 486 g/mol. The van der Waals surface area contributed by atoms with Crippen LogP contribution in [0.1, 0.15) is 35.7 Å². The molecule has 1 aliphatic heterocycles. The molecule has 12 nitrogen and oxygen atoms in total. The minimum Gasteiger partial charge on any atom is -0.442 e. The number of carbonyl (C=O) groups is 2. The van der Waals surface area contributed by atoms with Gasteiger partial charge in [-0.1, -0.05) is 0 Å². The lowest BCUT2D eigenvalue weighted by atomic mass is 9.94. The first-order chi connectivity index (χ1) is 17.0. The summed E-state index contributed by atoms with van der Waals surface area (Å²) in [5, 5.41) is 13.4. The van der Waals surface area contributed by atoms with Crippen molar-refractivity contribution in [2.45, 2.75) is 45.3 Å². The fourth-order valence-corrected chi connectivity index (χ4v) is 5.76. The molecule has 1 fully saturated rings. The average molecular weight is 511 g/mol. The van der Waals surface area contributed by atoms with Gasteiger partial charge in [-0.05, 0) is 38.0 Å². The Labute approximate surface area is 207 Å². The second-order valence-corrected chi connectivity index (χ2v) is 10.8. The lowest BCUT2D eigenvalue weighted by molar-refractivity contribution is -0.459. The van der Waals surface area contributed by atoms with Crippen LogP contribution in [0.2, 0.25) is 0 Å². The van der Waals surface area contributed by atoms with Gasteiger partial charge in [0, 0.05) is 25.7 Å². The molecule has 13 heteroatoms. The van der Waals surface area contributed by atoms with Crippen LogP contribution in [0.5, 0.6) is 0 Å². The zero-order chi connectivity index (χ0) is 25.8. The van der Waals surface area contributed by atoms with Crippen molar-refractivity contribution >= 4 is 27.7 Å². The number of hydrogen-bond donors (Lipinski definition) is 1. The normalized spacial score (nSPS) is 20.9. The fourth-order valence-electron chi connectivity index (χ4n) is 4.31. The maximum Gasteiger partial charge on any atom is 0.501 e. The first-order valence-electron chi connectivity index (χ1n) is 11.3. The summed E-state index contributed by atoms with van der Waals surface area (Å²) >= 11 is 0. The number of oxazole rings is 1. The zero-order valence-electron chi connectivity index (χ0n) is 19.9. The van der Waals surface area contributed by atoms with Gasteiger partial charge in [-0.3, -0.25) is 4.68 Å². The maximum absolute atomic E-state index is 13.5. The van der Waals surface area contributed by atoms with Crippen molar-refractivity contribution in [2.75, 3.05) is 0 Å². The van der Waals surface area contributed by atoms with Crippen LogP contribution in [0, 0.1) is 31.1 Å². The summed E-state index contributed by atoms with van der Waals surface area (Å²) in [5.74, 6) is -0.677. The topological polar surface area (TPSA) is 154 Å². The van der Waals surface area contributed by atoms with Crippen LogP contribution < -0.4 is 4.72 Å². The van der Waals surface area contributed by atoms with Crippen LogP contribution in [-0.2, 0) is 35.0 Å². The lowest BCUT2D eigenvalue weighted by Gasteiger charge is -2.27. The molecule has 3 amide bonds. The van der Waals surface area contributed by atoms with Crippen LogP contribution in [0.3, 0.4) is 0 Å². The van der Waals surface area contributed by atoms with Crippen molar-refractivity contribution in [2.24, 2.45) is 13.0 Å². The Balaban J connectivity index is 1.55. The highest BCUT2D eigenvalue weighted by molar-refractivity contribution is 7.93. The molecule has 1 saturated carbocycles. The fraction of sp³-hybridized carbons (Fsp3) is 0.391. The van der Waals surface area contributed by atoms with Crippen LogP contribution in [0.25, 0.3) is 0 Å². The minimum atomic E-state index is -4.06. The van der Waals surface area contributed by atoms with E-state index in [2.05, 4.69) is 14.8 Å². The van der Waals surface area contributed by atoms with E-state index in [-0.39, 0.29) is 18.0 Å². The molecular formula is C23H24N7O5S+. The predicted molar refractivity (Wildman–Crippen MR) is 124 cm³/mol. The van der Waals surface area contributed by atoms with E-state index in [9.17, 15) is 23.3 Å². The molecule has 3 aliphatic rings. The first-order valence-corrected chi connectivity index (χ1v) is 12.8. The molecule has 186 valence electrons. The third kappa shape index (κ3) is 4.18. The molecule has 0 radical (unpaired) electrons. The Bertz CT molecular complexity index is 1530. The van der Waals surface area contributed by atoms with Gasteiger partial charge in [-0.25, -0.2) is 18.2 Å². The summed E-state index contributed by atoms with van der Waals surface area (Å²) in [6.07, 6.45) is 8.23. The standard InChI is InChI=1S/C23H24N7O5S/c1-14-20(35-15(2)26-14)12-29-19-5-4-17(36(33,34)27-23(13-24)6-7-23)8-18(19)21(31)30(22(29)32)11-16-9-25-28(3)10-16/h4-5,8-10,18,27H,6-7,11-12H2,1-3H3/q+1. The van der Waals surface area contributed by atoms with Gasteiger partial charge < -0.3 is 4.42 Å². The smallest absolute Gasteiger partial charge is 0.442 e. The van der Waals surface area contributed by atoms with Crippen molar-refractivity contribution in [1.29, 1.82) is 5.26 Å². The Morgan fingerprint density at radius 2 is 2.06 bits per heavy atom. The number of rotatable bonds is 7. The summed E-state index contributed by atoms with van der Waals surface area (Å²) < 4.78 is 37.1. The Kier molecular flexibility index (Phi) is 5.53. The highest BCUT2D eigenvalue weighted by Gasteiger charge is 2.50. The summed E-state index contributed by atoms with van der Waals surface area (Å²) in [7, 11) is -2.33. The predicted octanol–water partition coefficient (Wildman–Crippen LogP) is 1.19. The second-order valence-electron chi connectivity index (χ2n) is 9.16. The molecule has 1 atom stereocenters. The van der Waals surface area contributed by atoms with Gasteiger partial charge in [0.25, 0.3) is 0 Å². The quantitative estimate of drug-likeness (QED) is 0.545. The molecule has 5 rings (SSSR count). The number of urea groups is 1. The monoisotopic (exact) mass is 510 g/mol. The van der Waals surface area contributed by atoms with Crippen molar-refractivity contribution in [1.82, 2.24) is 24.4 Å².